The molecule has 1 aliphatic carbocycles. The van der Waals surface area contributed by atoms with E-state index in [-0.39, 0.29) is 24.1 Å². The van der Waals surface area contributed by atoms with Gasteiger partial charge in [0.15, 0.2) is 11.5 Å². The minimum absolute atomic E-state index is 0.0141. The van der Waals surface area contributed by atoms with E-state index in [0.29, 0.717) is 28.6 Å². The number of fused-ring (bicyclic) bond motifs is 1. The van der Waals surface area contributed by atoms with Crippen molar-refractivity contribution in [2.24, 2.45) is 0 Å². The number of hydrogen-bond acceptors (Lipinski definition) is 8. The second-order valence-electron chi connectivity index (χ2n) is 8.73. The number of nitrogens with zero attached hydrogens (tertiary/aromatic N) is 1. The van der Waals surface area contributed by atoms with E-state index in [9.17, 15) is 18.3 Å². The number of amides is 1. The van der Waals surface area contributed by atoms with Gasteiger partial charge in [0.1, 0.15) is 5.82 Å². The second-order valence-corrected chi connectivity index (χ2v) is 10.5. The van der Waals surface area contributed by atoms with Crippen LogP contribution in [0.1, 0.15) is 18.4 Å². The smallest absolute Gasteiger partial charge is 0.240 e. The van der Waals surface area contributed by atoms with E-state index in [0.717, 1.165) is 18.4 Å². The van der Waals surface area contributed by atoms with Crippen molar-refractivity contribution in [3.05, 3.63) is 66.2 Å². The highest BCUT2D eigenvalue weighted by Crippen LogP contribution is 2.51. The van der Waals surface area contributed by atoms with Crippen LogP contribution in [-0.2, 0) is 20.2 Å². The summed E-state index contributed by atoms with van der Waals surface area (Å²) in [5.41, 5.74) is 1.47. The molecule has 188 valence electrons. The van der Waals surface area contributed by atoms with E-state index >= 15 is 0 Å². The Balaban J connectivity index is 1.29. The SMILES string of the molecule is O=C(Nc1cccc(-c2ccc(S(=O)(=O)NC[C@@H](O)CO)cc2)n1)C1(c2ccc3c(c2)OCO3)CC1. The lowest BCUT2D eigenvalue weighted by Crippen LogP contribution is -2.33. The number of carbonyl (C=O) groups is 1. The van der Waals surface area contributed by atoms with Gasteiger partial charge in [-0.3, -0.25) is 4.79 Å². The minimum atomic E-state index is -3.84. The second kappa shape index (κ2) is 9.51. The third-order valence-corrected chi connectivity index (χ3v) is 7.72. The number of aliphatic hydroxyl groups is 2. The van der Waals surface area contributed by atoms with Gasteiger partial charge in [-0.2, -0.15) is 0 Å². The molecule has 0 bridgehead atoms. The van der Waals surface area contributed by atoms with Crippen LogP contribution in [0.2, 0.25) is 0 Å². The number of rotatable bonds is 9. The van der Waals surface area contributed by atoms with Crippen LogP contribution in [0.25, 0.3) is 11.3 Å². The normalized spacial score (nSPS) is 16.4. The number of nitrogens with one attached hydrogen (secondary N) is 2. The van der Waals surface area contributed by atoms with Gasteiger partial charge in [0, 0.05) is 12.1 Å². The molecular weight excluding hydrogens is 486 g/mol. The zero-order valence-corrected chi connectivity index (χ0v) is 20.0. The molecule has 0 spiro atoms. The number of pyridine rings is 1. The summed E-state index contributed by atoms with van der Waals surface area (Å²) in [6.07, 6.45) is 0.260. The van der Waals surface area contributed by atoms with Gasteiger partial charge in [0.2, 0.25) is 22.7 Å². The number of aliphatic hydroxyl groups excluding tert-OH is 2. The third-order valence-electron chi connectivity index (χ3n) is 6.28. The fourth-order valence-corrected chi connectivity index (χ4v) is 5.10. The Bertz CT molecular complexity index is 1390. The molecular formula is C25H25N3O7S. The maximum atomic E-state index is 13.2. The van der Waals surface area contributed by atoms with E-state index in [1.54, 1.807) is 30.3 Å². The predicted octanol–water partition coefficient (Wildman–Crippen LogP) is 1.78. The molecule has 0 saturated heterocycles. The molecule has 10 nitrogen and oxygen atoms in total. The first-order valence-electron chi connectivity index (χ1n) is 11.4. The lowest BCUT2D eigenvalue weighted by Gasteiger charge is -2.16. The van der Waals surface area contributed by atoms with Gasteiger partial charge < -0.3 is 25.0 Å². The molecule has 5 rings (SSSR count). The van der Waals surface area contributed by atoms with Crippen LogP contribution in [0.15, 0.2) is 65.6 Å². The van der Waals surface area contributed by atoms with Crippen LogP contribution < -0.4 is 19.5 Å². The van der Waals surface area contributed by atoms with Gasteiger partial charge in [0.25, 0.3) is 0 Å². The van der Waals surface area contributed by atoms with Crippen molar-refractivity contribution in [2.45, 2.75) is 29.3 Å². The third kappa shape index (κ3) is 4.78. The van der Waals surface area contributed by atoms with E-state index in [1.807, 2.05) is 18.2 Å². The molecule has 1 aromatic heterocycles. The number of sulfonamides is 1. The molecule has 2 heterocycles. The number of carbonyl (C=O) groups excluding carboxylic acids is 1. The summed E-state index contributed by atoms with van der Waals surface area (Å²) in [5, 5.41) is 21.2. The quantitative estimate of drug-likeness (QED) is 0.340. The Morgan fingerprint density at radius 3 is 2.53 bits per heavy atom. The van der Waals surface area contributed by atoms with Crippen LogP contribution in [-0.4, -0.2) is 55.6 Å². The number of benzene rings is 2. The van der Waals surface area contributed by atoms with Gasteiger partial charge >= 0.3 is 0 Å². The number of aromatic nitrogens is 1. The van der Waals surface area contributed by atoms with E-state index < -0.39 is 28.1 Å². The number of anilines is 1. The van der Waals surface area contributed by atoms with Gasteiger partial charge in [0.05, 0.1) is 28.7 Å². The topological polar surface area (TPSA) is 147 Å². The maximum absolute atomic E-state index is 13.2. The van der Waals surface area contributed by atoms with Crippen molar-refractivity contribution in [3.8, 4) is 22.8 Å². The van der Waals surface area contributed by atoms with Crippen molar-refractivity contribution < 1.29 is 32.9 Å². The molecule has 0 unspecified atom stereocenters. The molecule has 1 aliphatic heterocycles. The number of ether oxygens (including phenoxy) is 2. The Hall–Kier alpha value is -3.51. The summed E-state index contributed by atoms with van der Waals surface area (Å²) in [5.74, 6) is 1.54. The molecule has 36 heavy (non-hydrogen) atoms. The highest BCUT2D eigenvalue weighted by atomic mass is 32.2. The van der Waals surface area contributed by atoms with Crippen molar-refractivity contribution >= 4 is 21.7 Å². The standard InChI is InChI=1S/C25H25N3O7S/c29-14-18(30)13-26-36(32,33)19-7-4-16(5-8-19)20-2-1-3-23(27-20)28-24(31)25(10-11-25)17-6-9-21-22(12-17)35-15-34-21/h1-9,12,18,26,29-30H,10-11,13-15H2,(H,27,28,31)/t18-/m1/s1. The molecule has 1 fully saturated rings. The average molecular weight is 512 g/mol. The van der Waals surface area contributed by atoms with E-state index in [4.69, 9.17) is 14.6 Å². The van der Waals surface area contributed by atoms with Crippen LogP contribution >= 0.6 is 0 Å². The van der Waals surface area contributed by atoms with Gasteiger partial charge in [-0.25, -0.2) is 18.1 Å². The first-order valence-corrected chi connectivity index (χ1v) is 12.9. The van der Waals surface area contributed by atoms with Gasteiger partial charge in [-0.15, -0.1) is 0 Å². The zero-order valence-electron chi connectivity index (χ0n) is 19.2. The van der Waals surface area contributed by atoms with Crippen LogP contribution in [0.4, 0.5) is 5.82 Å². The molecule has 1 saturated carbocycles. The van der Waals surface area contributed by atoms with Crippen molar-refractivity contribution in [3.63, 3.8) is 0 Å². The molecule has 0 radical (unpaired) electrons. The largest absolute Gasteiger partial charge is 0.454 e. The Kier molecular flexibility index (Phi) is 6.39. The Morgan fingerprint density at radius 2 is 1.81 bits per heavy atom. The van der Waals surface area contributed by atoms with E-state index in [2.05, 4.69) is 15.0 Å². The van der Waals surface area contributed by atoms with Crippen molar-refractivity contribution in [1.29, 1.82) is 0 Å². The molecule has 11 heteroatoms. The molecule has 2 aromatic carbocycles. The summed E-state index contributed by atoms with van der Waals surface area (Å²) in [7, 11) is -3.84. The molecule has 1 atom stereocenters. The molecule has 3 aromatic rings. The Labute approximate surface area is 208 Å². The fraction of sp³-hybridized carbons (Fsp3) is 0.280. The van der Waals surface area contributed by atoms with Crippen LogP contribution in [0, 0.1) is 0 Å². The van der Waals surface area contributed by atoms with Gasteiger partial charge in [-0.1, -0.05) is 24.3 Å². The zero-order chi connectivity index (χ0) is 25.3. The first-order chi connectivity index (χ1) is 17.3. The molecule has 2 aliphatic rings. The molecule has 4 N–H and O–H groups in total. The summed E-state index contributed by atoms with van der Waals surface area (Å²) in [6, 6.07) is 16.9. The number of hydrogen-bond donors (Lipinski definition) is 4. The summed E-state index contributed by atoms with van der Waals surface area (Å²) < 4.78 is 37.8. The summed E-state index contributed by atoms with van der Waals surface area (Å²) in [4.78, 5) is 17.8. The summed E-state index contributed by atoms with van der Waals surface area (Å²) in [6.45, 7) is -0.666. The highest BCUT2D eigenvalue weighted by Gasteiger charge is 2.51. The minimum Gasteiger partial charge on any atom is -0.454 e. The van der Waals surface area contributed by atoms with E-state index in [1.165, 1.54) is 12.1 Å². The average Bonchev–Trinajstić information content (AvgIpc) is 3.58. The molecule has 1 amide bonds. The van der Waals surface area contributed by atoms with Crippen LogP contribution in [0.5, 0.6) is 11.5 Å². The predicted molar refractivity (Wildman–Crippen MR) is 130 cm³/mol. The monoisotopic (exact) mass is 511 g/mol. The van der Waals surface area contributed by atoms with Crippen molar-refractivity contribution in [2.75, 3.05) is 25.3 Å². The Morgan fingerprint density at radius 1 is 1.06 bits per heavy atom. The van der Waals surface area contributed by atoms with Gasteiger partial charge in [-0.05, 0) is 54.8 Å². The first kappa shape index (κ1) is 24.2. The lowest BCUT2D eigenvalue weighted by molar-refractivity contribution is -0.118. The van der Waals surface area contributed by atoms with Crippen molar-refractivity contribution in [1.82, 2.24) is 9.71 Å². The fourth-order valence-electron chi connectivity index (χ4n) is 4.03. The van der Waals surface area contributed by atoms with Crippen LogP contribution in [0.3, 0.4) is 0 Å². The summed E-state index contributed by atoms with van der Waals surface area (Å²) >= 11 is 0. The highest BCUT2D eigenvalue weighted by molar-refractivity contribution is 7.89. The maximum Gasteiger partial charge on any atom is 0.240 e. The lowest BCUT2D eigenvalue weighted by atomic mass is 9.94.